The van der Waals surface area contributed by atoms with Crippen molar-refractivity contribution in [2.75, 3.05) is 0 Å². The van der Waals surface area contributed by atoms with Gasteiger partial charge in [-0.15, -0.1) is 0 Å². The molecular formula is C12H17NO. The van der Waals surface area contributed by atoms with Crippen molar-refractivity contribution in [2.45, 2.75) is 32.6 Å². The Morgan fingerprint density at radius 2 is 2.14 bits per heavy atom. The molecule has 2 nitrogen and oxygen atoms in total. The van der Waals surface area contributed by atoms with Gasteiger partial charge in [0.1, 0.15) is 0 Å². The molecule has 14 heavy (non-hydrogen) atoms. The third kappa shape index (κ3) is 3.21. The van der Waals surface area contributed by atoms with E-state index in [4.69, 9.17) is 5.73 Å². The summed E-state index contributed by atoms with van der Waals surface area (Å²) < 4.78 is 0. The fourth-order valence-electron chi connectivity index (χ4n) is 1.46. The van der Waals surface area contributed by atoms with Crippen molar-refractivity contribution in [3.63, 3.8) is 0 Å². The van der Waals surface area contributed by atoms with Crippen LogP contribution in [0.1, 0.15) is 42.1 Å². The van der Waals surface area contributed by atoms with Crippen LogP contribution in [0.25, 0.3) is 0 Å². The van der Waals surface area contributed by atoms with Crippen LogP contribution >= 0.6 is 0 Å². The van der Waals surface area contributed by atoms with Gasteiger partial charge in [0.2, 0.25) is 5.91 Å². The van der Waals surface area contributed by atoms with E-state index >= 15 is 0 Å². The Balaban J connectivity index is 2.59. The average molecular weight is 191 g/mol. The molecule has 0 aliphatic rings. The molecule has 0 aromatic heterocycles. The number of hydrogen-bond acceptors (Lipinski definition) is 1. The Kier molecular flexibility index (Phi) is 4.17. The highest BCUT2D eigenvalue weighted by Crippen LogP contribution is 2.09. The second-order valence-corrected chi connectivity index (χ2v) is 3.52. The van der Waals surface area contributed by atoms with E-state index in [9.17, 15) is 4.79 Å². The first-order valence-corrected chi connectivity index (χ1v) is 5.12. The van der Waals surface area contributed by atoms with Crippen LogP contribution in [0.15, 0.2) is 24.3 Å². The summed E-state index contributed by atoms with van der Waals surface area (Å²) >= 11 is 0. The molecule has 0 saturated carbocycles. The molecule has 1 aromatic carbocycles. The zero-order valence-corrected chi connectivity index (χ0v) is 8.62. The van der Waals surface area contributed by atoms with Crippen LogP contribution in [0, 0.1) is 0 Å². The molecule has 0 spiro atoms. The smallest absolute Gasteiger partial charge is 0.248 e. The maximum Gasteiger partial charge on any atom is 0.248 e. The molecule has 76 valence electrons. The molecule has 0 fully saturated rings. The number of primary amides is 1. The number of benzene rings is 1. The number of hydrogen-bond donors (Lipinski definition) is 1. The maximum atomic E-state index is 10.9. The van der Waals surface area contributed by atoms with Gasteiger partial charge in [0.05, 0.1) is 0 Å². The summed E-state index contributed by atoms with van der Waals surface area (Å²) in [4.78, 5) is 10.9. The fourth-order valence-corrected chi connectivity index (χ4v) is 1.46. The minimum Gasteiger partial charge on any atom is -0.366 e. The average Bonchev–Trinajstić information content (AvgIpc) is 2.19. The third-order valence-electron chi connectivity index (χ3n) is 2.28. The van der Waals surface area contributed by atoms with Gasteiger partial charge >= 0.3 is 0 Å². The Bertz CT molecular complexity index is 307. The Morgan fingerprint density at radius 3 is 2.79 bits per heavy atom. The van der Waals surface area contributed by atoms with E-state index in [1.165, 1.54) is 24.8 Å². The Hall–Kier alpha value is -1.31. The van der Waals surface area contributed by atoms with Crippen LogP contribution in [-0.4, -0.2) is 5.91 Å². The first-order chi connectivity index (χ1) is 6.74. The Labute approximate surface area is 85.1 Å². The quantitative estimate of drug-likeness (QED) is 0.714. The predicted molar refractivity (Wildman–Crippen MR) is 58.2 cm³/mol. The van der Waals surface area contributed by atoms with Crippen LogP contribution in [-0.2, 0) is 6.42 Å². The van der Waals surface area contributed by atoms with E-state index in [0.29, 0.717) is 5.56 Å². The highest BCUT2D eigenvalue weighted by Gasteiger charge is 2.00. The standard InChI is InChI=1S/C12H17NO/c1-2-3-4-6-10-7-5-8-11(9-10)12(13)14/h5,7-9H,2-4,6H2,1H3,(H2,13,14). The third-order valence-corrected chi connectivity index (χ3v) is 2.28. The number of rotatable bonds is 5. The molecule has 0 unspecified atom stereocenters. The first-order valence-electron chi connectivity index (χ1n) is 5.12. The minimum atomic E-state index is -0.345. The number of nitrogens with two attached hydrogens (primary N) is 1. The predicted octanol–water partition coefficient (Wildman–Crippen LogP) is 2.52. The summed E-state index contributed by atoms with van der Waals surface area (Å²) in [7, 11) is 0. The fraction of sp³-hybridized carbons (Fsp3) is 0.417. The van der Waals surface area contributed by atoms with Crippen molar-refractivity contribution in [1.29, 1.82) is 0 Å². The Morgan fingerprint density at radius 1 is 1.36 bits per heavy atom. The van der Waals surface area contributed by atoms with Crippen molar-refractivity contribution in [2.24, 2.45) is 5.73 Å². The van der Waals surface area contributed by atoms with Crippen molar-refractivity contribution in [3.05, 3.63) is 35.4 Å². The summed E-state index contributed by atoms with van der Waals surface area (Å²) in [6, 6.07) is 7.58. The van der Waals surface area contributed by atoms with Gasteiger partial charge < -0.3 is 5.73 Å². The van der Waals surface area contributed by atoms with Crippen molar-refractivity contribution >= 4 is 5.91 Å². The summed E-state index contributed by atoms with van der Waals surface area (Å²) in [6.07, 6.45) is 4.67. The molecule has 0 saturated heterocycles. The molecule has 0 bridgehead atoms. The zero-order valence-electron chi connectivity index (χ0n) is 8.62. The van der Waals surface area contributed by atoms with Crippen molar-refractivity contribution in [3.8, 4) is 0 Å². The second-order valence-electron chi connectivity index (χ2n) is 3.52. The lowest BCUT2D eigenvalue weighted by atomic mass is 10.0. The zero-order chi connectivity index (χ0) is 10.4. The van der Waals surface area contributed by atoms with Crippen molar-refractivity contribution < 1.29 is 4.79 Å². The van der Waals surface area contributed by atoms with E-state index in [1.54, 1.807) is 6.07 Å². The monoisotopic (exact) mass is 191 g/mol. The van der Waals surface area contributed by atoms with Gasteiger partial charge in [0.25, 0.3) is 0 Å². The van der Waals surface area contributed by atoms with Crippen LogP contribution in [0.3, 0.4) is 0 Å². The largest absolute Gasteiger partial charge is 0.366 e. The summed E-state index contributed by atoms with van der Waals surface area (Å²) in [5, 5.41) is 0. The van der Waals surface area contributed by atoms with Gasteiger partial charge in [0.15, 0.2) is 0 Å². The van der Waals surface area contributed by atoms with Crippen LogP contribution < -0.4 is 5.73 Å². The molecule has 0 atom stereocenters. The van der Waals surface area contributed by atoms with E-state index in [-0.39, 0.29) is 5.91 Å². The summed E-state index contributed by atoms with van der Waals surface area (Å²) in [6.45, 7) is 2.18. The van der Waals surface area contributed by atoms with Gasteiger partial charge in [-0.2, -0.15) is 0 Å². The number of aryl methyl sites for hydroxylation is 1. The number of carbonyl (C=O) groups excluding carboxylic acids is 1. The van der Waals surface area contributed by atoms with E-state index in [0.717, 1.165) is 6.42 Å². The van der Waals surface area contributed by atoms with Crippen LogP contribution in [0.5, 0.6) is 0 Å². The lowest BCUT2D eigenvalue weighted by molar-refractivity contribution is 0.1000. The number of unbranched alkanes of at least 4 members (excludes halogenated alkanes) is 2. The van der Waals surface area contributed by atoms with E-state index < -0.39 is 0 Å². The minimum absolute atomic E-state index is 0.345. The molecule has 2 N–H and O–H groups in total. The lowest BCUT2D eigenvalue weighted by Crippen LogP contribution is -2.10. The molecule has 0 heterocycles. The molecule has 0 aliphatic carbocycles. The number of carbonyl (C=O) groups is 1. The van der Waals surface area contributed by atoms with Crippen LogP contribution in [0.2, 0.25) is 0 Å². The van der Waals surface area contributed by atoms with Crippen LogP contribution in [0.4, 0.5) is 0 Å². The van der Waals surface area contributed by atoms with E-state index in [2.05, 4.69) is 6.92 Å². The molecular weight excluding hydrogens is 174 g/mol. The van der Waals surface area contributed by atoms with Gasteiger partial charge in [-0.05, 0) is 30.5 Å². The maximum absolute atomic E-state index is 10.9. The second kappa shape index (κ2) is 5.43. The lowest BCUT2D eigenvalue weighted by Gasteiger charge is -2.02. The van der Waals surface area contributed by atoms with Gasteiger partial charge in [0, 0.05) is 5.56 Å². The molecule has 1 amide bonds. The molecule has 1 rings (SSSR count). The summed E-state index contributed by atoms with van der Waals surface area (Å²) in [5.74, 6) is -0.345. The highest BCUT2D eigenvalue weighted by atomic mass is 16.1. The van der Waals surface area contributed by atoms with Crippen molar-refractivity contribution in [1.82, 2.24) is 0 Å². The topological polar surface area (TPSA) is 43.1 Å². The molecule has 1 aromatic rings. The van der Waals surface area contributed by atoms with E-state index in [1.807, 2.05) is 18.2 Å². The highest BCUT2D eigenvalue weighted by molar-refractivity contribution is 5.92. The molecule has 2 heteroatoms. The summed E-state index contributed by atoms with van der Waals surface area (Å²) in [5.41, 5.74) is 7.01. The van der Waals surface area contributed by atoms with Gasteiger partial charge in [-0.1, -0.05) is 31.9 Å². The number of amides is 1. The normalized spacial score (nSPS) is 10.1. The first kappa shape index (κ1) is 10.8. The molecule has 0 radical (unpaired) electrons. The SMILES string of the molecule is CCCCCc1cccc(C(N)=O)c1. The van der Waals surface area contributed by atoms with Gasteiger partial charge in [-0.3, -0.25) is 4.79 Å². The van der Waals surface area contributed by atoms with Gasteiger partial charge in [-0.25, -0.2) is 0 Å². The molecule has 0 aliphatic heterocycles.